The maximum absolute atomic E-state index is 12.7. The zero-order valence-electron chi connectivity index (χ0n) is 15.2. The van der Waals surface area contributed by atoms with Crippen LogP contribution in [0.4, 0.5) is 0 Å². The van der Waals surface area contributed by atoms with E-state index in [-0.39, 0.29) is 18.2 Å². The van der Waals surface area contributed by atoms with Gasteiger partial charge in [0, 0.05) is 11.9 Å². The first-order valence-corrected chi connectivity index (χ1v) is 11.2. The van der Waals surface area contributed by atoms with Crippen LogP contribution < -0.4 is 5.32 Å². The summed E-state index contributed by atoms with van der Waals surface area (Å²) in [5, 5.41) is 2.65. The molecule has 0 bridgehead atoms. The fraction of sp³-hybridized carbons (Fsp3) is 0.200. The van der Waals surface area contributed by atoms with Crippen LogP contribution in [-0.2, 0) is 16.4 Å². The Morgan fingerprint density at radius 2 is 1.93 bits per heavy atom. The molecule has 0 radical (unpaired) electrons. The molecule has 6 nitrogen and oxygen atoms in total. The molecule has 0 fully saturated rings. The van der Waals surface area contributed by atoms with Crippen LogP contribution in [0.3, 0.4) is 0 Å². The van der Waals surface area contributed by atoms with Crippen molar-refractivity contribution in [3.05, 3.63) is 78.4 Å². The van der Waals surface area contributed by atoms with Gasteiger partial charge in [0.2, 0.25) is 0 Å². The molecule has 2 aromatic heterocycles. The molecule has 1 atom stereocenters. The quantitative estimate of drug-likeness (QED) is 0.565. The second-order valence-electron chi connectivity index (χ2n) is 6.10. The molecule has 0 aliphatic carbocycles. The minimum Gasteiger partial charge on any atom is -0.467 e. The third-order valence-electron chi connectivity index (χ3n) is 4.08. The Balaban J connectivity index is 1.67. The van der Waals surface area contributed by atoms with Crippen molar-refractivity contribution in [1.29, 1.82) is 0 Å². The molecule has 1 aromatic carbocycles. The highest BCUT2D eigenvalue weighted by atomic mass is 32.2. The fourth-order valence-electron chi connectivity index (χ4n) is 2.48. The lowest BCUT2D eigenvalue weighted by atomic mass is 10.2. The first-order chi connectivity index (χ1) is 13.5. The SMILES string of the molecule is CC(CSc1ncccc1C(=O)NCc1ccco1)S(=O)(=O)c1ccccc1. The molecular formula is C20H20N2O4S2. The van der Waals surface area contributed by atoms with E-state index < -0.39 is 15.1 Å². The average molecular weight is 417 g/mol. The van der Waals surface area contributed by atoms with E-state index in [1.54, 1.807) is 74.0 Å². The second kappa shape index (κ2) is 9.07. The third-order valence-corrected chi connectivity index (χ3v) is 7.71. The second-order valence-corrected chi connectivity index (χ2v) is 9.47. The number of amides is 1. The van der Waals surface area contributed by atoms with Gasteiger partial charge in [-0.05, 0) is 43.3 Å². The molecule has 28 heavy (non-hydrogen) atoms. The smallest absolute Gasteiger partial charge is 0.254 e. The molecule has 1 N–H and O–H groups in total. The molecule has 3 aromatic rings. The van der Waals surface area contributed by atoms with E-state index in [0.29, 0.717) is 21.2 Å². The minimum atomic E-state index is -3.44. The van der Waals surface area contributed by atoms with E-state index in [9.17, 15) is 13.2 Å². The summed E-state index contributed by atoms with van der Waals surface area (Å²) in [4.78, 5) is 17.0. The molecule has 1 unspecified atom stereocenters. The van der Waals surface area contributed by atoms with Gasteiger partial charge in [-0.25, -0.2) is 13.4 Å². The number of nitrogens with one attached hydrogen (secondary N) is 1. The van der Waals surface area contributed by atoms with Gasteiger partial charge in [0.25, 0.3) is 5.91 Å². The van der Waals surface area contributed by atoms with Crippen molar-refractivity contribution in [3.8, 4) is 0 Å². The predicted octanol–water partition coefficient (Wildman–Crippen LogP) is 3.56. The normalized spacial score (nSPS) is 12.5. The fourth-order valence-corrected chi connectivity index (χ4v) is 5.25. The van der Waals surface area contributed by atoms with Crippen LogP contribution in [0.1, 0.15) is 23.0 Å². The van der Waals surface area contributed by atoms with Crippen molar-refractivity contribution < 1.29 is 17.6 Å². The monoisotopic (exact) mass is 416 g/mol. The van der Waals surface area contributed by atoms with Gasteiger partial charge in [-0.2, -0.15) is 0 Å². The van der Waals surface area contributed by atoms with E-state index in [1.807, 2.05) is 0 Å². The first-order valence-electron chi connectivity index (χ1n) is 8.66. The highest BCUT2D eigenvalue weighted by Gasteiger charge is 2.24. The topological polar surface area (TPSA) is 89.3 Å². The summed E-state index contributed by atoms with van der Waals surface area (Å²) < 4.78 is 30.6. The van der Waals surface area contributed by atoms with Gasteiger partial charge in [-0.15, -0.1) is 11.8 Å². The van der Waals surface area contributed by atoms with Crippen molar-refractivity contribution >= 4 is 27.5 Å². The van der Waals surface area contributed by atoms with Crippen LogP contribution in [-0.4, -0.2) is 30.3 Å². The van der Waals surface area contributed by atoms with Crippen LogP contribution in [0.25, 0.3) is 0 Å². The number of thioether (sulfide) groups is 1. The number of pyridine rings is 1. The molecule has 2 heterocycles. The molecule has 0 aliphatic rings. The number of carbonyl (C=O) groups is 1. The van der Waals surface area contributed by atoms with Crippen LogP contribution >= 0.6 is 11.8 Å². The number of furan rings is 1. The van der Waals surface area contributed by atoms with E-state index in [2.05, 4.69) is 10.3 Å². The van der Waals surface area contributed by atoms with Gasteiger partial charge in [0.05, 0.1) is 28.5 Å². The van der Waals surface area contributed by atoms with Gasteiger partial charge in [0.15, 0.2) is 9.84 Å². The van der Waals surface area contributed by atoms with Crippen molar-refractivity contribution in [3.63, 3.8) is 0 Å². The van der Waals surface area contributed by atoms with Crippen molar-refractivity contribution in [1.82, 2.24) is 10.3 Å². The Morgan fingerprint density at radius 1 is 1.14 bits per heavy atom. The summed E-state index contributed by atoms with van der Waals surface area (Å²) in [6, 6.07) is 15.2. The molecule has 0 saturated heterocycles. The Kier molecular flexibility index (Phi) is 6.53. The maximum Gasteiger partial charge on any atom is 0.254 e. The van der Waals surface area contributed by atoms with E-state index in [0.717, 1.165) is 0 Å². The zero-order chi connectivity index (χ0) is 20.0. The predicted molar refractivity (Wildman–Crippen MR) is 108 cm³/mol. The number of aromatic nitrogens is 1. The lowest BCUT2D eigenvalue weighted by Gasteiger charge is -2.14. The summed E-state index contributed by atoms with van der Waals surface area (Å²) >= 11 is 1.25. The number of rotatable bonds is 8. The number of nitrogens with zero attached hydrogens (tertiary/aromatic N) is 1. The van der Waals surface area contributed by atoms with Crippen LogP contribution in [0.15, 0.2) is 81.4 Å². The summed E-state index contributed by atoms with van der Waals surface area (Å²) in [5.41, 5.74) is 0.406. The summed E-state index contributed by atoms with van der Waals surface area (Å²) in [5.74, 6) is 0.645. The molecule has 146 valence electrons. The summed E-state index contributed by atoms with van der Waals surface area (Å²) in [6.45, 7) is 1.93. The standard InChI is InChI=1S/C20H20N2O4S2/c1-15(28(24,25)17-8-3-2-4-9-17)14-27-20-18(10-5-11-21-20)19(23)22-13-16-7-6-12-26-16/h2-12,15H,13-14H2,1H3,(H,22,23). The number of benzene rings is 1. The Hall–Kier alpha value is -2.58. The van der Waals surface area contributed by atoms with Gasteiger partial charge in [0.1, 0.15) is 10.8 Å². The Bertz CT molecular complexity index is 1020. The molecular weight excluding hydrogens is 396 g/mol. The molecule has 0 spiro atoms. The molecule has 0 saturated carbocycles. The van der Waals surface area contributed by atoms with Crippen molar-refractivity contribution in [2.75, 3.05) is 5.75 Å². The van der Waals surface area contributed by atoms with Crippen LogP contribution in [0, 0.1) is 0 Å². The van der Waals surface area contributed by atoms with Crippen LogP contribution in [0.5, 0.6) is 0 Å². The number of sulfone groups is 1. The van der Waals surface area contributed by atoms with Gasteiger partial charge in [-0.1, -0.05) is 18.2 Å². The highest BCUT2D eigenvalue weighted by molar-refractivity contribution is 8.00. The zero-order valence-corrected chi connectivity index (χ0v) is 16.9. The van der Waals surface area contributed by atoms with Gasteiger partial charge < -0.3 is 9.73 Å². The number of hydrogen-bond acceptors (Lipinski definition) is 6. The first kappa shape index (κ1) is 20.2. The van der Waals surface area contributed by atoms with Gasteiger partial charge >= 0.3 is 0 Å². The summed E-state index contributed by atoms with van der Waals surface area (Å²) in [6.07, 6.45) is 3.13. The number of hydrogen-bond donors (Lipinski definition) is 1. The largest absolute Gasteiger partial charge is 0.467 e. The van der Waals surface area contributed by atoms with Crippen molar-refractivity contribution in [2.45, 2.75) is 28.6 Å². The average Bonchev–Trinajstić information content (AvgIpc) is 3.24. The molecule has 8 heteroatoms. The van der Waals surface area contributed by atoms with Crippen LogP contribution in [0.2, 0.25) is 0 Å². The third kappa shape index (κ3) is 4.82. The molecule has 0 aliphatic heterocycles. The lowest BCUT2D eigenvalue weighted by molar-refractivity contribution is 0.0944. The van der Waals surface area contributed by atoms with E-state index >= 15 is 0 Å². The molecule has 3 rings (SSSR count). The minimum absolute atomic E-state index is 0.267. The Morgan fingerprint density at radius 3 is 2.64 bits per heavy atom. The summed E-state index contributed by atoms with van der Waals surface area (Å²) in [7, 11) is -3.44. The lowest BCUT2D eigenvalue weighted by Crippen LogP contribution is -2.24. The van der Waals surface area contributed by atoms with E-state index in [4.69, 9.17) is 4.42 Å². The maximum atomic E-state index is 12.7. The molecule has 1 amide bonds. The Labute approximate surface area is 168 Å². The van der Waals surface area contributed by atoms with Gasteiger partial charge in [-0.3, -0.25) is 4.79 Å². The van der Waals surface area contributed by atoms with Crippen molar-refractivity contribution in [2.24, 2.45) is 0 Å². The number of carbonyl (C=O) groups excluding carboxylic acids is 1. The highest BCUT2D eigenvalue weighted by Crippen LogP contribution is 2.25. The van der Waals surface area contributed by atoms with E-state index in [1.165, 1.54) is 11.8 Å².